The first-order chi connectivity index (χ1) is 17.6. The lowest BCUT2D eigenvalue weighted by molar-refractivity contribution is -0.207. The van der Waals surface area contributed by atoms with Crippen LogP contribution in [0, 0.1) is 0 Å². The summed E-state index contributed by atoms with van der Waals surface area (Å²) < 4.78 is 66.2. The van der Waals surface area contributed by atoms with Crippen molar-refractivity contribution in [1.82, 2.24) is 19.7 Å². The van der Waals surface area contributed by atoms with Crippen molar-refractivity contribution in [2.24, 2.45) is 0 Å². The van der Waals surface area contributed by atoms with Gasteiger partial charge in [0, 0.05) is 16.1 Å². The van der Waals surface area contributed by atoms with Gasteiger partial charge in [-0.25, -0.2) is 23.1 Å². The van der Waals surface area contributed by atoms with Crippen LogP contribution in [0.4, 0.5) is 22.0 Å². The van der Waals surface area contributed by atoms with E-state index in [1.807, 2.05) is 0 Å². The number of hydrogen-bond acceptors (Lipinski definition) is 5. The van der Waals surface area contributed by atoms with Crippen LogP contribution >= 0.6 is 11.6 Å². The lowest BCUT2D eigenvalue weighted by Gasteiger charge is -2.27. The van der Waals surface area contributed by atoms with Gasteiger partial charge in [-0.2, -0.15) is 13.2 Å². The van der Waals surface area contributed by atoms with E-state index in [1.165, 1.54) is 36.4 Å². The quantitative estimate of drug-likeness (QED) is 0.343. The molecule has 0 fully saturated rings. The topological polar surface area (TPSA) is 126 Å². The summed E-state index contributed by atoms with van der Waals surface area (Å²) in [4.78, 5) is 37.7. The minimum absolute atomic E-state index is 0.138. The second-order valence-electron chi connectivity index (χ2n) is 8.34. The van der Waals surface area contributed by atoms with E-state index in [0.29, 0.717) is 9.25 Å². The number of hydrogen-bond donors (Lipinski definition) is 3. The maximum Gasteiger partial charge on any atom is 0.416 e. The molecule has 1 heterocycles. The minimum Gasteiger partial charge on any atom is -0.479 e. The van der Waals surface area contributed by atoms with Crippen LogP contribution in [0.3, 0.4) is 0 Å². The third kappa shape index (κ3) is 6.19. The number of aliphatic hydroxyl groups excluding tert-OH is 1. The second kappa shape index (κ2) is 10.9. The number of nitrogens with zero attached hydrogens (tertiary/aromatic N) is 3. The Balaban J connectivity index is 1.97. The number of carboxylic acids is 1. The number of rotatable bonds is 9. The van der Waals surface area contributed by atoms with Crippen molar-refractivity contribution in [1.29, 1.82) is 0 Å². The van der Waals surface area contributed by atoms with Crippen LogP contribution in [0.5, 0.6) is 0 Å². The van der Waals surface area contributed by atoms with Crippen molar-refractivity contribution in [3.05, 3.63) is 75.2 Å². The second-order valence-corrected chi connectivity index (χ2v) is 8.78. The molecule has 0 radical (unpaired) electrons. The highest BCUT2D eigenvalue weighted by Gasteiger charge is 2.40. The van der Waals surface area contributed by atoms with Gasteiger partial charge in [0.25, 0.3) is 6.43 Å². The monoisotopic (exact) mass is 562 g/mol. The fourth-order valence-corrected chi connectivity index (χ4v) is 3.61. The summed E-state index contributed by atoms with van der Waals surface area (Å²) in [7, 11) is 0. The van der Waals surface area contributed by atoms with E-state index in [0.717, 1.165) is 19.1 Å². The average Bonchev–Trinajstić information content (AvgIpc) is 3.13. The van der Waals surface area contributed by atoms with E-state index in [2.05, 4.69) is 10.4 Å². The van der Waals surface area contributed by atoms with Gasteiger partial charge in [0.05, 0.1) is 6.54 Å². The van der Waals surface area contributed by atoms with Gasteiger partial charge in [0.15, 0.2) is 17.5 Å². The number of carboxylic acid groups (broad SMARTS) is 1. The zero-order valence-corrected chi connectivity index (χ0v) is 20.2. The molecule has 0 saturated heterocycles. The molecule has 1 aromatic heterocycles. The highest BCUT2D eigenvalue weighted by Crippen LogP contribution is 2.27. The molecule has 3 N–H and O–H groups in total. The Hall–Kier alpha value is -3.78. The van der Waals surface area contributed by atoms with E-state index >= 15 is 0 Å². The van der Waals surface area contributed by atoms with E-state index in [-0.39, 0.29) is 22.0 Å². The summed E-state index contributed by atoms with van der Waals surface area (Å²) >= 11 is 5.83. The number of carbonyl (C=O) groups excluding carboxylic acids is 1. The van der Waals surface area contributed by atoms with Gasteiger partial charge >= 0.3 is 17.8 Å². The molecule has 1 amide bonds. The molecule has 204 valence electrons. The zero-order chi connectivity index (χ0) is 28.4. The van der Waals surface area contributed by atoms with Gasteiger partial charge in [-0.3, -0.25) is 9.36 Å². The van der Waals surface area contributed by atoms with E-state index in [4.69, 9.17) is 11.6 Å². The Morgan fingerprint density at radius 3 is 2.32 bits per heavy atom. The number of benzene rings is 2. The fraction of sp³-hybridized carbons (Fsp3) is 0.304. The van der Waals surface area contributed by atoms with Crippen LogP contribution in [0.25, 0.3) is 11.4 Å². The van der Waals surface area contributed by atoms with Crippen LogP contribution in [-0.2, 0) is 28.2 Å². The Kier molecular flexibility index (Phi) is 8.27. The fourth-order valence-electron chi connectivity index (χ4n) is 3.49. The summed E-state index contributed by atoms with van der Waals surface area (Å²) in [5, 5.41) is 25.6. The maximum absolute atomic E-state index is 13.1. The normalized spacial score (nSPS) is 14.2. The molecule has 2 atom stereocenters. The molecule has 3 rings (SSSR count). The Bertz CT molecular complexity index is 1390. The number of aromatic nitrogens is 3. The third-order valence-electron chi connectivity index (χ3n) is 5.59. The number of aliphatic hydroxyl groups is 1. The molecular formula is C23H20ClF5N4O5. The van der Waals surface area contributed by atoms with Crippen molar-refractivity contribution in [3.8, 4) is 11.4 Å². The Morgan fingerprint density at radius 1 is 1.13 bits per heavy atom. The first kappa shape index (κ1) is 28.8. The van der Waals surface area contributed by atoms with E-state index in [1.54, 1.807) is 0 Å². The van der Waals surface area contributed by atoms with Gasteiger partial charge in [-0.05, 0) is 42.8 Å². The number of halogens is 6. The number of nitrogens with one attached hydrogen (secondary N) is 1. The zero-order valence-electron chi connectivity index (χ0n) is 19.4. The Morgan fingerprint density at radius 2 is 1.76 bits per heavy atom. The molecule has 3 aromatic rings. The van der Waals surface area contributed by atoms with Crippen LogP contribution in [0.2, 0.25) is 5.02 Å². The molecule has 2 unspecified atom stereocenters. The first-order valence-electron chi connectivity index (χ1n) is 10.7. The molecule has 0 aliphatic heterocycles. The minimum atomic E-state index is -5.06. The van der Waals surface area contributed by atoms with Crippen molar-refractivity contribution in [2.75, 3.05) is 0 Å². The van der Waals surface area contributed by atoms with Crippen LogP contribution in [0.15, 0.2) is 53.3 Å². The van der Waals surface area contributed by atoms with E-state index in [9.17, 15) is 46.5 Å². The smallest absolute Gasteiger partial charge is 0.416 e. The molecule has 0 bridgehead atoms. The summed E-state index contributed by atoms with van der Waals surface area (Å²) in [6.45, 7) is -1.14. The summed E-state index contributed by atoms with van der Waals surface area (Å²) in [5.41, 5.74) is -3.96. The van der Waals surface area contributed by atoms with Crippen LogP contribution in [0.1, 0.15) is 24.5 Å². The molecule has 2 aromatic carbocycles. The summed E-state index contributed by atoms with van der Waals surface area (Å²) in [5.74, 6) is -3.04. The molecule has 38 heavy (non-hydrogen) atoms. The van der Waals surface area contributed by atoms with Gasteiger partial charge in [-0.15, -0.1) is 5.10 Å². The molecule has 0 aliphatic carbocycles. The lowest BCUT2D eigenvalue weighted by atomic mass is 9.90. The Labute approximate surface area is 216 Å². The van der Waals surface area contributed by atoms with Crippen molar-refractivity contribution in [3.63, 3.8) is 0 Å². The molecule has 0 saturated carbocycles. The molecule has 0 spiro atoms. The van der Waals surface area contributed by atoms with Crippen LogP contribution in [-0.4, -0.2) is 48.7 Å². The van der Waals surface area contributed by atoms with Gasteiger partial charge in [0.2, 0.25) is 5.91 Å². The summed E-state index contributed by atoms with van der Waals surface area (Å²) in [6, 6.07) is 9.81. The molecule has 9 nitrogen and oxygen atoms in total. The van der Waals surface area contributed by atoms with Gasteiger partial charge in [0.1, 0.15) is 6.54 Å². The predicted octanol–water partition coefficient (Wildman–Crippen LogP) is 3.34. The predicted molar refractivity (Wildman–Crippen MR) is 124 cm³/mol. The number of aliphatic carboxylic acids is 1. The van der Waals surface area contributed by atoms with Crippen LogP contribution < -0.4 is 11.0 Å². The number of alkyl halides is 5. The van der Waals surface area contributed by atoms with Gasteiger partial charge < -0.3 is 15.5 Å². The van der Waals surface area contributed by atoms with E-state index < -0.39 is 60.5 Å². The average molecular weight is 563 g/mol. The summed E-state index contributed by atoms with van der Waals surface area (Å²) in [6.07, 6.45) is -10.9. The molecule has 15 heteroatoms. The molecular weight excluding hydrogens is 543 g/mol. The molecule has 0 aliphatic rings. The largest absolute Gasteiger partial charge is 0.479 e. The number of amides is 1. The standard InChI is InChI=1S/C23H20ClF5N4O5/c1-22(20(36)37,14-4-2-3-13(9-14)18(25)26)30-17(35)11-33-21(38)32(10-16(34)23(27,28)29)19(31-33)12-5-7-15(24)8-6-12/h2-9,16,18,34H,10-11H2,1H3,(H,30,35)(H,36,37). The van der Waals surface area contributed by atoms with Crippen molar-refractivity contribution in [2.45, 2.75) is 44.3 Å². The lowest BCUT2D eigenvalue weighted by Crippen LogP contribution is -2.51. The maximum atomic E-state index is 13.1. The highest BCUT2D eigenvalue weighted by molar-refractivity contribution is 6.30. The SMILES string of the molecule is CC(NC(=O)Cn1nc(-c2ccc(Cl)cc2)n(CC(O)C(F)(F)F)c1=O)(C(=O)O)c1cccc(C(F)F)c1. The highest BCUT2D eigenvalue weighted by atomic mass is 35.5. The van der Waals surface area contributed by atoms with Crippen molar-refractivity contribution >= 4 is 23.5 Å². The van der Waals surface area contributed by atoms with Crippen molar-refractivity contribution < 1.29 is 41.8 Å². The number of carbonyl (C=O) groups is 2. The third-order valence-corrected chi connectivity index (χ3v) is 5.84. The first-order valence-corrected chi connectivity index (χ1v) is 11.1. The van der Waals surface area contributed by atoms with Gasteiger partial charge in [-0.1, -0.05) is 29.8 Å².